The minimum atomic E-state index is -1.46. The molecule has 10 heteroatoms. The van der Waals surface area contributed by atoms with Gasteiger partial charge in [-0.3, -0.25) is 9.89 Å². The molecule has 0 aliphatic rings. The number of hydrogen-bond donors (Lipinski definition) is 4. The van der Waals surface area contributed by atoms with E-state index >= 15 is 0 Å². The van der Waals surface area contributed by atoms with Crippen molar-refractivity contribution in [3.05, 3.63) is 82.1 Å². The highest BCUT2D eigenvalue weighted by Gasteiger charge is 2.16. The number of carboxylic acid groups (broad SMARTS) is 1. The van der Waals surface area contributed by atoms with E-state index in [2.05, 4.69) is 20.1 Å². The summed E-state index contributed by atoms with van der Waals surface area (Å²) in [5.74, 6) is -0.588. The Morgan fingerprint density at radius 1 is 0.971 bits per heavy atom. The Morgan fingerprint density at radius 3 is 2.47 bits per heavy atom. The highest BCUT2D eigenvalue weighted by molar-refractivity contribution is 5.77. The first-order valence-electron chi connectivity index (χ1n) is 10.1. The zero-order valence-corrected chi connectivity index (χ0v) is 18.2. The first kappa shape index (κ1) is 22.3. The fraction of sp³-hybridized carbons (Fsp3) is 0.0833. The Kier molecular flexibility index (Phi) is 5.88. The molecule has 0 aliphatic carbocycles. The van der Waals surface area contributed by atoms with Gasteiger partial charge in [0.15, 0.2) is 5.75 Å². The number of rotatable bonds is 5. The van der Waals surface area contributed by atoms with E-state index < -0.39 is 17.6 Å². The topological polar surface area (TPSA) is 150 Å². The molecule has 0 fully saturated rings. The Hall–Kier alpha value is -4.86. The maximum Gasteiger partial charge on any atom is 0.511 e. The number of hydrogen-bond acceptors (Lipinski definition) is 7. The second kappa shape index (κ2) is 8.94. The smallest absolute Gasteiger partial charge is 0.505 e. The van der Waals surface area contributed by atoms with Crippen LogP contribution in [0.1, 0.15) is 11.1 Å². The van der Waals surface area contributed by atoms with Crippen molar-refractivity contribution in [2.75, 3.05) is 0 Å². The van der Waals surface area contributed by atoms with Gasteiger partial charge in [-0.05, 0) is 60.9 Å². The summed E-state index contributed by atoms with van der Waals surface area (Å²) in [7, 11) is 0. The molecule has 0 amide bonds. The highest BCUT2D eigenvalue weighted by atomic mass is 16.7. The molecule has 34 heavy (non-hydrogen) atoms. The molecule has 0 saturated carbocycles. The van der Waals surface area contributed by atoms with Crippen molar-refractivity contribution in [3.63, 3.8) is 0 Å². The average molecular weight is 460 g/mol. The van der Waals surface area contributed by atoms with Crippen molar-refractivity contribution >= 4 is 17.5 Å². The molecule has 4 N–H and O–H groups in total. The molecule has 1 heterocycles. The second-order valence-corrected chi connectivity index (χ2v) is 7.49. The second-order valence-electron chi connectivity index (χ2n) is 7.49. The number of ether oxygens (including phenoxy) is 1. The summed E-state index contributed by atoms with van der Waals surface area (Å²) in [6.45, 7) is 3.87. The number of phenols is 1. The van der Waals surface area contributed by atoms with E-state index in [1.807, 2.05) is 26.0 Å². The SMILES string of the molecule is Cc1ccc(-n2[nH]c(=O)c(N=Nc3cccc(-c4cccc(OC(=O)O)c4)c3O)c2O)cc1C. The first-order chi connectivity index (χ1) is 16.2. The minimum Gasteiger partial charge on any atom is -0.505 e. The molecule has 10 nitrogen and oxygen atoms in total. The molecule has 172 valence electrons. The molecule has 0 unspecified atom stereocenters. The maximum atomic E-state index is 12.4. The lowest BCUT2D eigenvalue weighted by molar-refractivity contribution is 0.144. The Labute approximate surface area is 193 Å². The van der Waals surface area contributed by atoms with E-state index in [9.17, 15) is 19.8 Å². The van der Waals surface area contributed by atoms with Gasteiger partial charge < -0.3 is 20.1 Å². The van der Waals surface area contributed by atoms with Crippen LogP contribution in [0.2, 0.25) is 0 Å². The van der Waals surface area contributed by atoms with Gasteiger partial charge in [0.05, 0.1) is 5.69 Å². The number of aromatic amines is 1. The van der Waals surface area contributed by atoms with Gasteiger partial charge in [-0.15, -0.1) is 10.2 Å². The predicted molar refractivity (Wildman–Crippen MR) is 124 cm³/mol. The van der Waals surface area contributed by atoms with E-state index in [0.29, 0.717) is 16.8 Å². The molecular formula is C24H20N4O6. The van der Waals surface area contributed by atoms with Crippen molar-refractivity contribution in [1.29, 1.82) is 0 Å². The maximum absolute atomic E-state index is 12.4. The van der Waals surface area contributed by atoms with Crippen molar-refractivity contribution in [1.82, 2.24) is 9.78 Å². The number of nitrogens with one attached hydrogen (secondary N) is 1. The molecule has 0 atom stereocenters. The van der Waals surface area contributed by atoms with Crippen LogP contribution in [0, 0.1) is 13.8 Å². The van der Waals surface area contributed by atoms with Crippen LogP contribution in [0.4, 0.5) is 16.2 Å². The van der Waals surface area contributed by atoms with Crippen LogP contribution in [-0.2, 0) is 0 Å². The fourth-order valence-electron chi connectivity index (χ4n) is 3.33. The third-order valence-electron chi connectivity index (χ3n) is 5.22. The van der Waals surface area contributed by atoms with E-state index in [1.54, 1.807) is 30.3 Å². The quantitative estimate of drug-likeness (QED) is 0.180. The van der Waals surface area contributed by atoms with Crippen LogP contribution in [0.3, 0.4) is 0 Å². The zero-order chi connectivity index (χ0) is 24.4. The summed E-state index contributed by atoms with van der Waals surface area (Å²) in [6, 6.07) is 16.3. The standard InChI is InChI=1S/C24H20N4O6/c1-13-9-10-16(11-14(13)2)28-23(31)20(22(30)27-28)26-25-19-8-4-7-18(21(19)29)15-5-3-6-17(12-15)34-24(32)33/h3-12,29,31H,1-2H3,(H,27,30)(H,32,33). The number of aromatic hydroxyl groups is 2. The molecule has 4 rings (SSSR count). The van der Waals surface area contributed by atoms with Gasteiger partial charge in [0.25, 0.3) is 5.56 Å². The van der Waals surface area contributed by atoms with Crippen molar-refractivity contribution in [2.45, 2.75) is 13.8 Å². The molecule has 0 saturated heterocycles. The highest BCUT2D eigenvalue weighted by Crippen LogP contribution is 2.39. The van der Waals surface area contributed by atoms with Crippen LogP contribution < -0.4 is 10.3 Å². The summed E-state index contributed by atoms with van der Waals surface area (Å²) in [6.07, 6.45) is -1.46. The van der Waals surface area contributed by atoms with E-state index in [-0.39, 0.29) is 22.9 Å². The normalized spacial score (nSPS) is 11.1. The minimum absolute atomic E-state index is 0.0415. The Bertz CT molecular complexity index is 1490. The Morgan fingerprint density at radius 2 is 1.74 bits per heavy atom. The van der Waals surface area contributed by atoms with Gasteiger partial charge in [0, 0.05) is 5.56 Å². The summed E-state index contributed by atoms with van der Waals surface area (Å²) >= 11 is 0. The van der Waals surface area contributed by atoms with Crippen LogP contribution >= 0.6 is 0 Å². The lowest BCUT2D eigenvalue weighted by Crippen LogP contribution is -2.04. The molecule has 1 aromatic heterocycles. The Balaban J connectivity index is 1.68. The molecule has 0 radical (unpaired) electrons. The van der Waals surface area contributed by atoms with Gasteiger partial charge in [0.1, 0.15) is 11.4 Å². The number of phenolic OH excluding ortho intramolecular Hbond substituents is 1. The monoisotopic (exact) mass is 460 g/mol. The zero-order valence-electron chi connectivity index (χ0n) is 18.2. The molecule has 0 spiro atoms. The first-order valence-corrected chi connectivity index (χ1v) is 10.1. The summed E-state index contributed by atoms with van der Waals surface area (Å²) in [4.78, 5) is 23.2. The van der Waals surface area contributed by atoms with Crippen molar-refractivity contribution in [2.24, 2.45) is 10.2 Å². The van der Waals surface area contributed by atoms with Gasteiger partial charge >= 0.3 is 6.16 Å². The lowest BCUT2D eigenvalue weighted by Gasteiger charge is -2.08. The van der Waals surface area contributed by atoms with Crippen LogP contribution in [0.5, 0.6) is 17.4 Å². The van der Waals surface area contributed by atoms with E-state index in [0.717, 1.165) is 11.1 Å². The number of para-hydroxylation sites is 1. The molecule has 0 bridgehead atoms. The molecular weight excluding hydrogens is 440 g/mol. The molecule has 3 aromatic carbocycles. The lowest BCUT2D eigenvalue weighted by atomic mass is 10.0. The van der Waals surface area contributed by atoms with Crippen molar-refractivity contribution < 1.29 is 24.9 Å². The number of H-pyrrole nitrogens is 1. The van der Waals surface area contributed by atoms with Gasteiger partial charge in [-0.25, -0.2) is 9.48 Å². The molecule has 0 aliphatic heterocycles. The molecule has 4 aromatic rings. The third kappa shape index (κ3) is 4.37. The van der Waals surface area contributed by atoms with Crippen LogP contribution in [0.15, 0.2) is 75.7 Å². The van der Waals surface area contributed by atoms with Crippen molar-refractivity contribution in [3.8, 4) is 34.2 Å². The average Bonchev–Trinajstić information content (AvgIpc) is 3.08. The largest absolute Gasteiger partial charge is 0.511 e. The van der Waals surface area contributed by atoms with Gasteiger partial charge in [0.2, 0.25) is 11.6 Å². The van der Waals surface area contributed by atoms with Crippen LogP contribution in [0.25, 0.3) is 16.8 Å². The number of azo groups is 1. The fourth-order valence-corrected chi connectivity index (χ4v) is 3.33. The summed E-state index contributed by atoms with van der Waals surface area (Å²) < 4.78 is 5.86. The van der Waals surface area contributed by atoms with E-state index in [4.69, 9.17) is 5.11 Å². The van der Waals surface area contributed by atoms with E-state index in [1.165, 1.54) is 22.9 Å². The summed E-state index contributed by atoms with van der Waals surface area (Å²) in [5.41, 5.74) is 2.48. The van der Waals surface area contributed by atoms with Crippen LogP contribution in [-0.4, -0.2) is 31.3 Å². The predicted octanol–water partition coefficient (Wildman–Crippen LogP) is 5.33. The number of aryl methyl sites for hydroxylation is 2. The number of benzene rings is 3. The number of aromatic nitrogens is 2. The van der Waals surface area contributed by atoms with Gasteiger partial charge in [-0.2, -0.15) is 0 Å². The van der Waals surface area contributed by atoms with Gasteiger partial charge in [-0.1, -0.05) is 30.3 Å². The third-order valence-corrected chi connectivity index (χ3v) is 5.22. The number of nitrogens with zero attached hydrogens (tertiary/aromatic N) is 3. The number of carbonyl (C=O) groups is 1. The summed E-state index contributed by atoms with van der Waals surface area (Å²) in [5, 5.41) is 40.4.